The minimum Gasteiger partial charge on any atom is -0.378 e. The molecule has 23 heavy (non-hydrogen) atoms. The molecular formula is C18H19IN2O2. The number of rotatable bonds is 4. The summed E-state index contributed by atoms with van der Waals surface area (Å²) in [7, 11) is 0. The van der Waals surface area contributed by atoms with E-state index in [1.165, 1.54) is 0 Å². The van der Waals surface area contributed by atoms with E-state index >= 15 is 0 Å². The summed E-state index contributed by atoms with van der Waals surface area (Å²) in [6.45, 7) is 3.27. The minimum atomic E-state index is -0.0733. The molecule has 1 N–H and O–H groups in total. The molecule has 2 aromatic carbocycles. The number of carbonyl (C=O) groups is 1. The monoisotopic (exact) mass is 422 g/mol. The van der Waals surface area contributed by atoms with Gasteiger partial charge in [-0.3, -0.25) is 4.79 Å². The lowest BCUT2D eigenvalue weighted by molar-refractivity contribution is 0.102. The molecule has 1 heterocycles. The molecule has 0 atom stereocenters. The van der Waals surface area contributed by atoms with Crippen LogP contribution in [-0.4, -0.2) is 32.2 Å². The van der Waals surface area contributed by atoms with Gasteiger partial charge in [0.15, 0.2) is 0 Å². The summed E-state index contributed by atoms with van der Waals surface area (Å²) in [6, 6.07) is 15.7. The number of carbonyl (C=O) groups excluding carboxylic acids is 1. The van der Waals surface area contributed by atoms with Gasteiger partial charge in [0.05, 0.1) is 13.2 Å². The molecule has 2 aromatic rings. The van der Waals surface area contributed by atoms with Gasteiger partial charge >= 0.3 is 0 Å². The van der Waals surface area contributed by atoms with Crippen molar-refractivity contribution in [2.24, 2.45) is 0 Å². The highest BCUT2D eigenvalue weighted by Gasteiger charge is 2.12. The Bertz CT molecular complexity index is 684. The molecule has 0 bridgehead atoms. The first-order chi connectivity index (χ1) is 11.3. The highest BCUT2D eigenvalue weighted by molar-refractivity contribution is 14.1. The lowest BCUT2D eigenvalue weighted by atomic mass is 10.1. The number of ether oxygens (including phenoxy) is 1. The Morgan fingerprint density at radius 1 is 1.13 bits per heavy atom. The van der Waals surface area contributed by atoms with Crippen LogP contribution in [0.15, 0.2) is 48.5 Å². The lowest BCUT2D eigenvalue weighted by Crippen LogP contribution is -2.36. The minimum absolute atomic E-state index is 0.0733. The van der Waals surface area contributed by atoms with Gasteiger partial charge in [-0.15, -0.1) is 0 Å². The van der Waals surface area contributed by atoms with Gasteiger partial charge in [0, 0.05) is 34.5 Å². The zero-order valence-electron chi connectivity index (χ0n) is 12.8. The number of benzene rings is 2. The molecule has 0 aromatic heterocycles. The van der Waals surface area contributed by atoms with Gasteiger partial charge in [0.2, 0.25) is 0 Å². The largest absolute Gasteiger partial charge is 0.378 e. The molecule has 5 heteroatoms. The average Bonchev–Trinajstić information content (AvgIpc) is 2.63. The van der Waals surface area contributed by atoms with Crippen molar-refractivity contribution >= 4 is 39.9 Å². The lowest BCUT2D eigenvalue weighted by Gasteiger charge is -2.29. The second kappa shape index (κ2) is 7.79. The Kier molecular flexibility index (Phi) is 5.51. The van der Waals surface area contributed by atoms with Crippen molar-refractivity contribution in [3.63, 3.8) is 0 Å². The van der Waals surface area contributed by atoms with E-state index in [0.717, 1.165) is 47.7 Å². The molecule has 4 nitrogen and oxygen atoms in total. The maximum Gasteiger partial charge on any atom is 0.255 e. The standard InChI is InChI=1S/C18H19IN2O2/c19-13-14-3-1-4-15(11-14)18(22)20-16-5-2-6-17(12-16)21-7-9-23-10-8-21/h1-6,11-12H,7-10,13H2,(H,20,22). The van der Waals surface area contributed by atoms with Crippen LogP contribution in [0.1, 0.15) is 15.9 Å². The fraction of sp³-hybridized carbons (Fsp3) is 0.278. The number of hydrogen-bond donors (Lipinski definition) is 1. The van der Waals surface area contributed by atoms with Crippen molar-refractivity contribution in [2.75, 3.05) is 36.5 Å². The van der Waals surface area contributed by atoms with Crippen molar-refractivity contribution in [1.29, 1.82) is 0 Å². The van der Waals surface area contributed by atoms with E-state index in [9.17, 15) is 4.79 Å². The topological polar surface area (TPSA) is 41.6 Å². The maximum absolute atomic E-state index is 12.4. The van der Waals surface area contributed by atoms with Crippen molar-refractivity contribution in [2.45, 2.75) is 4.43 Å². The zero-order valence-corrected chi connectivity index (χ0v) is 15.0. The molecule has 0 aliphatic carbocycles. The number of nitrogens with one attached hydrogen (secondary N) is 1. The van der Waals surface area contributed by atoms with Gasteiger partial charge in [-0.05, 0) is 35.9 Å². The average molecular weight is 422 g/mol. The molecule has 3 rings (SSSR count). The van der Waals surface area contributed by atoms with Crippen LogP contribution in [0.5, 0.6) is 0 Å². The van der Waals surface area contributed by atoms with Gasteiger partial charge in [-0.25, -0.2) is 0 Å². The molecule has 0 radical (unpaired) electrons. The van der Waals surface area contributed by atoms with Gasteiger partial charge in [-0.1, -0.05) is 40.8 Å². The summed E-state index contributed by atoms with van der Waals surface area (Å²) < 4.78 is 6.28. The number of amides is 1. The Balaban J connectivity index is 1.73. The molecule has 0 spiro atoms. The maximum atomic E-state index is 12.4. The van der Waals surface area contributed by atoms with Crippen LogP contribution in [0.2, 0.25) is 0 Å². The van der Waals surface area contributed by atoms with Crippen molar-refractivity contribution in [3.05, 3.63) is 59.7 Å². The Morgan fingerprint density at radius 2 is 1.91 bits per heavy atom. The van der Waals surface area contributed by atoms with Crippen LogP contribution in [0.3, 0.4) is 0 Å². The molecular weight excluding hydrogens is 403 g/mol. The third kappa shape index (κ3) is 4.23. The van der Waals surface area contributed by atoms with Crippen molar-refractivity contribution in [3.8, 4) is 0 Å². The smallest absolute Gasteiger partial charge is 0.255 e. The van der Waals surface area contributed by atoms with Crippen LogP contribution in [0.25, 0.3) is 0 Å². The number of hydrogen-bond acceptors (Lipinski definition) is 3. The van der Waals surface area contributed by atoms with Gasteiger partial charge in [-0.2, -0.15) is 0 Å². The predicted octanol–water partition coefficient (Wildman–Crippen LogP) is 3.71. The van der Waals surface area contributed by atoms with E-state index in [1.54, 1.807) is 0 Å². The van der Waals surface area contributed by atoms with E-state index in [2.05, 4.69) is 38.9 Å². The molecule has 0 unspecified atom stereocenters. The third-order valence-corrected chi connectivity index (χ3v) is 4.70. The molecule has 0 saturated carbocycles. The number of halogens is 1. The quantitative estimate of drug-likeness (QED) is 0.604. The number of nitrogens with zero attached hydrogens (tertiary/aromatic N) is 1. The highest BCUT2D eigenvalue weighted by atomic mass is 127. The fourth-order valence-electron chi connectivity index (χ4n) is 2.60. The van der Waals surface area contributed by atoms with Crippen molar-refractivity contribution < 1.29 is 9.53 Å². The predicted molar refractivity (Wildman–Crippen MR) is 102 cm³/mol. The zero-order chi connectivity index (χ0) is 16.1. The number of morpholine rings is 1. The van der Waals surface area contributed by atoms with E-state index in [0.29, 0.717) is 5.56 Å². The Labute approximate surface area is 150 Å². The van der Waals surface area contributed by atoms with Gasteiger partial charge in [0.1, 0.15) is 0 Å². The molecule has 1 saturated heterocycles. The van der Waals surface area contributed by atoms with E-state index in [-0.39, 0.29) is 5.91 Å². The first-order valence-electron chi connectivity index (χ1n) is 7.65. The van der Waals surface area contributed by atoms with E-state index in [4.69, 9.17) is 4.74 Å². The highest BCUT2D eigenvalue weighted by Crippen LogP contribution is 2.21. The van der Waals surface area contributed by atoms with Gasteiger partial charge in [0.25, 0.3) is 5.91 Å². The fourth-order valence-corrected chi connectivity index (χ4v) is 3.08. The molecule has 120 valence electrons. The second-order valence-corrected chi connectivity index (χ2v) is 6.20. The van der Waals surface area contributed by atoms with Crippen LogP contribution in [0, 0.1) is 0 Å². The normalized spacial score (nSPS) is 14.6. The SMILES string of the molecule is O=C(Nc1cccc(N2CCOCC2)c1)c1cccc(CI)c1. The van der Waals surface area contributed by atoms with Crippen LogP contribution < -0.4 is 10.2 Å². The summed E-state index contributed by atoms with van der Waals surface area (Å²) in [4.78, 5) is 14.7. The van der Waals surface area contributed by atoms with Crippen LogP contribution in [0.4, 0.5) is 11.4 Å². The number of alkyl halides is 1. The van der Waals surface area contributed by atoms with Crippen molar-refractivity contribution in [1.82, 2.24) is 0 Å². The molecule has 1 fully saturated rings. The number of anilines is 2. The second-order valence-electron chi connectivity index (χ2n) is 5.44. The van der Waals surface area contributed by atoms with E-state index < -0.39 is 0 Å². The van der Waals surface area contributed by atoms with E-state index in [1.807, 2.05) is 42.5 Å². The summed E-state index contributed by atoms with van der Waals surface area (Å²) in [5.41, 5.74) is 3.78. The summed E-state index contributed by atoms with van der Waals surface area (Å²) in [5, 5.41) is 2.99. The summed E-state index contributed by atoms with van der Waals surface area (Å²) in [6.07, 6.45) is 0. The Morgan fingerprint density at radius 3 is 2.70 bits per heavy atom. The summed E-state index contributed by atoms with van der Waals surface area (Å²) in [5.74, 6) is -0.0733. The van der Waals surface area contributed by atoms with Gasteiger partial charge < -0.3 is 15.0 Å². The Hall–Kier alpha value is -1.60. The molecule has 1 amide bonds. The van der Waals surface area contributed by atoms with Crippen LogP contribution in [-0.2, 0) is 9.16 Å². The first kappa shape index (κ1) is 16.3. The first-order valence-corrected chi connectivity index (χ1v) is 9.18. The third-order valence-electron chi connectivity index (χ3n) is 3.82. The van der Waals surface area contributed by atoms with Crippen LogP contribution >= 0.6 is 22.6 Å². The molecule has 1 aliphatic rings. The molecule has 1 aliphatic heterocycles. The summed E-state index contributed by atoms with van der Waals surface area (Å²) >= 11 is 2.30.